The van der Waals surface area contributed by atoms with E-state index in [4.69, 9.17) is 0 Å². The molecule has 0 aliphatic rings. The smallest absolute Gasteiger partial charge is 0.0540 e. The van der Waals surface area contributed by atoms with E-state index in [1.807, 2.05) is 0 Å². The fourth-order valence-electron chi connectivity index (χ4n) is 8.22. The van der Waals surface area contributed by atoms with Crippen LogP contribution in [0.25, 0.3) is 77.2 Å². The lowest BCUT2D eigenvalue weighted by atomic mass is 9.89. The fraction of sp³-hybridized carbons (Fsp3) is 0. The summed E-state index contributed by atoms with van der Waals surface area (Å²) in [6, 6.07) is 85.7. The average Bonchev–Trinajstić information content (AvgIpc) is 3.30. The Morgan fingerprint density at radius 3 is 1.56 bits per heavy atom. The zero-order valence-electron chi connectivity index (χ0n) is 31.5. The first-order chi connectivity index (χ1) is 28.3. The van der Waals surface area contributed by atoms with Gasteiger partial charge >= 0.3 is 0 Å². The second kappa shape index (κ2) is 15.0. The fourth-order valence-corrected chi connectivity index (χ4v) is 8.22. The minimum absolute atomic E-state index is 1.09. The average molecular weight is 726 g/mol. The van der Waals surface area contributed by atoms with E-state index in [0.29, 0.717) is 0 Å². The number of fused-ring (bicyclic) bond motifs is 2. The molecule has 0 saturated carbocycles. The van der Waals surface area contributed by atoms with Crippen molar-refractivity contribution in [3.8, 4) is 55.6 Å². The Morgan fingerprint density at radius 2 is 0.772 bits per heavy atom. The molecule has 0 N–H and O–H groups in total. The Morgan fingerprint density at radius 1 is 0.246 bits per heavy atom. The predicted molar refractivity (Wildman–Crippen MR) is 243 cm³/mol. The van der Waals surface area contributed by atoms with Gasteiger partial charge in [-0.25, -0.2) is 0 Å². The van der Waals surface area contributed by atoms with Gasteiger partial charge in [0.2, 0.25) is 0 Å². The Hall–Kier alpha value is -7.48. The van der Waals surface area contributed by atoms with Crippen LogP contribution in [0.5, 0.6) is 0 Å². The first kappa shape index (κ1) is 34.0. The van der Waals surface area contributed by atoms with Gasteiger partial charge in [0.1, 0.15) is 0 Å². The van der Waals surface area contributed by atoms with Crippen molar-refractivity contribution in [1.29, 1.82) is 0 Å². The Labute approximate surface area is 334 Å². The van der Waals surface area contributed by atoms with Crippen LogP contribution in [0.1, 0.15) is 0 Å². The number of anilines is 3. The molecule has 0 amide bonds. The second-order valence-corrected chi connectivity index (χ2v) is 14.5. The zero-order valence-corrected chi connectivity index (χ0v) is 31.5. The number of nitrogens with zero attached hydrogens (tertiary/aromatic N) is 1. The van der Waals surface area contributed by atoms with Crippen molar-refractivity contribution in [2.45, 2.75) is 0 Å². The van der Waals surface area contributed by atoms with Gasteiger partial charge in [-0.15, -0.1) is 0 Å². The third-order valence-electron chi connectivity index (χ3n) is 11.1. The van der Waals surface area contributed by atoms with E-state index in [0.717, 1.165) is 22.6 Å². The Kier molecular flexibility index (Phi) is 8.95. The summed E-state index contributed by atoms with van der Waals surface area (Å²) < 4.78 is 0. The maximum absolute atomic E-state index is 2.41. The largest absolute Gasteiger partial charge is 0.310 e. The molecule has 0 fully saturated rings. The molecule has 268 valence electrons. The van der Waals surface area contributed by atoms with Gasteiger partial charge < -0.3 is 4.90 Å². The third kappa shape index (κ3) is 6.66. The van der Waals surface area contributed by atoms with Crippen LogP contribution in [0.4, 0.5) is 17.1 Å². The van der Waals surface area contributed by atoms with Gasteiger partial charge in [-0.2, -0.15) is 0 Å². The van der Waals surface area contributed by atoms with Crippen molar-refractivity contribution in [1.82, 2.24) is 0 Å². The van der Waals surface area contributed by atoms with Crippen LogP contribution in [-0.4, -0.2) is 0 Å². The summed E-state index contributed by atoms with van der Waals surface area (Å²) in [7, 11) is 0. The number of hydrogen-bond donors (Lipinski definition) is 0. The first-order valence-corrected chi connectivity index (χ1v) is 19.6. The molecular formula is C56H39N. The van der Waals surface area contributed by atoms with Gasteiger partial charge in [0, 0.05) is 16.9 Å². The maximum atomic E-state index is 2.41. The van der Waals surface area contributed by atoms with Crippen LogP contribution in [0.2, 0.25) is 0 Å². The lowest BCUT2D eigenvalue weighted by Gasteiger charge is -2.28. The third-order valence-corrected chi connectivity index (χ3v) is 11.1. The highest BCUT2D eigenvalue weighted by Crippen LogP contribution is 2.44. The molecule has 0 radical (unpaired) electrons. The minimum Gasteiger partial charge on any atom is -0.310 e. The van der Waals surface area contributed by atoms with Crippen LogP contribution in [0.3, 0.4) is 0 Å². The summed E-state index contributed by atoms with van der Waals surface area (Å²) in [6.07, 6.45) is 0. The summed E-state index contributed by atoms with van der Waals surface area (Å²) in [5.41, 5.74) is 15.3. The molecule has 0 saturated heterocycles. The SMILES string of the molecule is c1ccc(-c2ccc(-c3ccccc3N(c3ccc(-c4c(-c5ccccc5)ccc5ccccc45)cc3)c3cccc(-c4ccc5ccccc5c4)c3)cc2)cc1. The van der Waals surface area contributed by atoms with Crippen molar-refractivity contribution < 1.29 is 0 Å². The van der Waals surface area contributed by atoms with Gasteiger partial charge in [-0.05, 0) is 108 Å². The van der Waals surface area contributed by atoms with Crippen LogP contribution < -0.4 is 4.90 Å². The molecule has 0 spiro atoms. The summed E-state index contributed by atoms with van der Waals surface area (Å²) in [5, 5.41) is 4.96. The molecule has 0 aromatic heterocycles. The molecular weight excluding hydrogens is 687 g/mol. The van der Waals surface area contributed by atoms with E-state index in [9.17, 15) is 0 Å². The van der Waals surface area contributed by atoms with Crippen molar-refractivity contribution in [3.05, 3.63) is 237 Å². The van der Waals surface area contributed by atoms with E-state index in [-0.39, 0.29) is 0 Å². The van der Waals surface area contributed by atoms with E-state index < -0.39 is 0 Å². The highest BCUT2D eigenvalue weighted by molar-refractivity contribution is 6.04. The molecule has 0 aliphatic carbocycles. The highest BCUT2D eigenvalue weighted by Gasteiger charge is 2.19. The number of rotatable bonds is 8. The van der Waals surface area contributed by atoms with E-state index in [2.05, 4.69) is 241 Å². The van der Waals surface area contributed by atoms with Crippen molar-refractivity contribution in [2.75, 3.05) is 4.90 Å². The Balaban J connectivity index is 1.12. The molecule has 10 aromatic rings. The molecule has 10 aromatic carbocycles. The Bertz CT molecular complexity index is 2980. The molecule has 1 heteroatoms. The lowest BCUT2D eigenvalue weighted by Crippen LogP contribution is -2.11. The highest BCUT2D eigenvalue weighted by atomic mass is 15.1. The summed E-state index contributed by atoms with van der Waals surface area (Å²) in [6.45, 7) is 0. The summed E-state index contributed by atoms with van der Waals surface area (Å²) in [4.78, 5) is 2.41. The topological polar surface area (TPSA) is 3.24 Å². The molecule has 0 heterocycles. The molecule has 1 nitrogen and oxygen atoms in total. The van der Waals surface area contributed by atoms with Crippen LogP contribution in [0, 0.1) is 0 Å². The molecule has 10 rings (SSSR count). The molecule has 0 aliphatic heterocycles. The van der Waals surface area contributed by atoms with E-state index >= 15 is 0 Å². The van der Waals surface area contributed by atoms with Crippen LogP contribution in [0.15, 0.2) is 237 Å². The summed E-state index contributed by atoms with van der Waals surface area (Å²) in [5.74, 6) is 0. The number of benzene rings is 10. The van der Waals surface area contributed by atoms with Gasteiger partial charge in [0.25, 0.3) is 0 Å². The zero-order chi connectivity index (χ0) is 38.0. The lowest BCUT2D eigenvalue weighted by molar-refractivity contribution is 1.28. The number of para-hydroxylation sites is 1. The van der Waals surface area contributed by atoms with Gasteiger partial charge in [-0.3, -0.25) is 0 Å². The van der Waals surface area contributed by atoms with E-state index in [1.165, 1.54) is 71.6 Å². The second-order valence-electron chi connectivity index (χ2n) is 14.5. The van der Waals surface area contributed by atoms with Crippen molar-refractivity contribution in [3.63, 3.8) is 0 Å². The number of hydrogen-bond acceptors (Lipinski definition) is 1. The van der Waals surface area contributed by atoms with Gasteiger partial charge in [0.05, 0.1) is 5.69 Å². The standard InChI is InChI=1S/C56H39N/c1-3-14-40(15-4-1)42-26-29-45(30-27-42)52-23-11-12-25-55(52)57(51-22-13-21-48(39-51)49-31-28-41-16-7-8-20-47(41)38-49)50-35-32-46(33-36-50)56-53-24-10-9-19-44(53)34-37-54(56)43-17-5-2-6-18-43/h1-39H. The maximum Gasteiger partial charge on any atom is 0.0540 e. The normalized spacial score (nSPS) is 11.2. The predicted octanol–water partition coefficient (Wildman–Crippen LogP) is 15.8. The van der Waals surface area contributed by atoms with Crippen molar-refractivity contribution in [2.24, 2.45) is 0 Å². The molecule has 0 unspecified atom stereocenters. The molecule has 0 bridgehead atoms. The summed E-state index contributed by atoms with van der Waals surface area (Å²) >= 11 is 0. The quantitative estimate of drug-likeness (QED) is 0.151. The molecule has 57 heavy (non-hydrogen) atoms. The minimum atomic E-state index is 1.09. The van der Waals surface area contributed by atoms with Gasteiger partial charge in [-0.1, -0.05) is 200 Å². The van der Waals surface area contributed by atoms with Crippen molar-refractivity contribution >= 4 is 38.6 Å². The first-order valence-electron chi connectivity index (χ1n) is 19.6. The monoisotopic (exact) mass is 725 g/mol. The van der Waals surface area contributed by atoms with Gasteiger partial charge in [0.15, 0.2) is 0 Å². The van der Waals surface area contributed by atoms with Crippen LogP contribution in [-0.2, 0) is 0 Å². The molecule has 0 atom stereocenters. The van der Waals surface area contributed by atoms with Crippen LogP contribution >= 0.6 is 0 Å². The van der Waals surface area contributed by atoms with E-state index in [1.54, 1.807) is 0 Å².